The van der Waals surface area contributed by atoms with Crippen molar-refractivity contribution in [2.45, 2.75) is 57.9 Å². The van der Waals surface area contributed by atoms with Crippen LogP contribution in [0.1, 0.15) is 51.9 Å². The SMILES string of the molecule is CCN(C1CCN(C(=O)C[C@@H]2C[C@H]3CC[C@H]2C3)CC1)S(C)(=O)=O. The summed E-state index contributed by atoms with van der Waals surface area (Å²) >= 11 is 0. The van der Waals surface area contributed by atoms with E-state index in [1.165, 1.54) is 31.9 Å². The first kappa shape index (κ1) is 17.2. The summed E-state index contributed by atoms with van der Waals surface area (Å²) in [5.74, 6) is 2.59. The smallest absolute Gasteiger partial charge is 0.222 e. The molecule has 0 aromatic heterocycles. The molecular weight excluding hydrogens is 312 g/mol. The summed E-state index contributed by atoms with van der Waals surface area (Å²) in [5.41, 5.74) is 0. The lowest BCUT2D eigenvalue weighted by Gasteiger charge is -2.37. The summed E-state index contributed by atoms with van der Waals surface area (Å²) < 4.78 is 25.2. The molecule has 2 bridgehead atoms. The van der Waals surface area contributed by atoms with Crippen LogP contribution in [0.25, 0.3) is 0 Å². The van der Waals surface area contributed by atoms with Gasteiger partial charge in [-0.1, -0.05) is 13.3 Å². The summed E-state index contributed by atoms with van der Waals surface area (Å²) in [6, 6.07) is 0.0570. The van der Waals surface area contributed by atoms with Crippen LogP contribution in [0, 0.1) is 17.8 Å². The number of carbonyl (C=O) groups is 1. The van der Waals surface area contributed by atoms with Crippen LogP contribution in [0.5, 0.6) is 0 Å². The molecule has 0 N–H and O–H groups in total. The minimum Gasteiger partial charge on any atom is -0.343 e. The third-order valence-electron chi connectivity index (χ3n) is 6.28. The first-order valence-corrected chi connectivity index (χ1v) is 11.0. The second kappa shape index (κ2) is 6.71. The highest BCUT2D eigenvalue weighted by Crippen LogP contribution is 2.49. The number of fused-ring (bicyclic) bond motifs is 2. The van der Waals surface area contributed by atoms with Crippen molar-refractivity contribution in [3.8, 4) is 0 Å². The second-order valence-corrected chi connectivity index (χ2v) is 9.65. The van der Waals surface area contributed by atoms with E-state index in [-0.39, 0.29) is 6.04 Å². The Hall–Kier alpha value is -0.620. The van der Waals surface area contributed by atoms with E-state index < -0.39 is 10.0 Å². The van der Waals surface area contributed by atoms with E-state index in [0.717, 1.165) is 31.1 Å². The predicted octanol–water partition coefficient (Wildman–Crippen LogP) is 2.09. The first-order chi connectivity index (χ1) is 10.9. The summed E-state index contributed by atoms with van der Waals surface area (Å²) in [6.07, 6.45) is 8.83. The highest BCUT2D eigenvalue weighted by atomic mass is 32.2. The molecule has 1 aliphatic heterocycles. The Morgan fingerprint density at radius 2 is 1.83 bits per heavy atom. The number of rotatable bonds is 5. The van der Waals surface area contributed by atoms with E-state index >= 15 is 0 Å². The average molecular weight is 343 g/mol. The van der Waals surface area contributed by atoms with Crippen LogP contribution in [-0.2, 0) is 14.8 Å². The molecule has 2 aliphatic carbocycles. The molecule has 0 unspecified atom stereocenters. The topological polar surface area (TPSA) is 57.7 Å². The van der Waals surface area contributed by atoms with Gasteiger partial charge in [-0.25, -0.2) is 8.42 Å². The fraction of sp³-hybridized carbons (Fsp3) is 0.941. The minimum absolute atomic E-state index is 0.0570. The zero-order valence-electron chi connectivity index (χ0n) is 14.4. The molecule has 3 rings (SSSR count). The van der Waals surface area contributed by atoms with Gasteiger partial charge in [0.2, 0.25) is 15.9 Å². The Balaban J connectivity index is 1.49. The quantitative estimate of drug-likeness (QED) is 0.769. The van der Waals surface area contributed by atoms with E-state index in [9.17, 15) is 13.2 Å². The number of carbonyl (C=O) groups excluding carboxylic acids is 1. The van der Waals surface area contributed by atoms with E-state index in [1.807, 2.05) is 11.8 Å². The number of sulfonamides is 1. The number of nitrogens with zero attached hydrogens (tertiary/aromatic N) is 2. The number of hydrogen-bond acceptors (Lipinski definition) is 3. The molecule has 3 fully saturated rings. The first-order valence-electron chi connectivity index (χ1n) is 9.13. The highest BCUT2D eigenvalue weighted by Gasteiger charge is 2.41. The van der Waals surface area contributed by atoms with Gasteiger partial charge < -0.3 is 4.90 Å². The molecule has 1 saturated heterocycles. The number of likely N-dealkylation sites (tertiary alicyclic amines) is 1. The molecule has 1 heterocycles. The molecule has 0 aromatic rings. The van der Waals surface area contributed by atoms with Gasteiger partial charge in [-0.05, 0) is 49.9 Å². The van der Waals surface area contributed by atoms with E-state index in [4.69, 9.17) is 0 Å². The molecule has 5 nitrogen and oxygen atoms in total. The maximum Gasteiger partial charge on any atom is 0.222 e. The fourth-order valence-corrected chi connectivity index (χ4v) is 6.37. The Labute approximate surface area is 140 Å². The summed E-state index contributed by atoms with van der Waals surface area (Å²) in [7, 11) is -3.15. The highest BCUT2D eigenvalue weighted by molar-refractivity contribution is 7.88. The number of hydrogen-bond donors (Lipinski definition) is 0. The van der Waals surface area contributed by atoms with E-state index in [2.05, 4.69) is 0 Å². The minimum atomic E-state index is -3.15. The van der Waals surface area contributed by atoms with Crippen molar-refractivity contribution in [2.75, 3.05) is 25.9 Å². The molecule has 6 heteroatoms. The molecule has 0 radical (unpaired) electrons. The van der Waals surface area contributed by atoms with Gasteiger partial charge in [-0.15, -0.1) is 0 Å². The lowest BCUT2D eigenvalue weighted by atomic mass is 9.86. The zero-order chi connectivity index (χ0) is 16.6. The molecule has 2 saturated carbocycles. The summed E-state index contributed by atoms with van der Waals surface area (Å²) in [4.78, 5) is 14.5. The van der Waals surface area contributed by atoms with E-state index in [1.54, 1.807) is 4.31 Å². The molecule has 23 heavy (non-hydrogen) atoms. The largest absolute Gasteiger partial charge is 0.343 e. The normalized spacial score (nSPS) is 32.0. The van der Waals surface area contributed by atoms with Gasteiger partial charge in [-0.2, -0.15) is 4.31 Å². The Morgan fingerprint density at radius 3 is 2.30 bits per heavy atom. The molecule has 1 amide bonds. The third-order valence-corrected chi connectivity index (χ3v) is 7.69. The van der Waals surface area contributed by atoms with Gasteiger partial charge >= 0.3 is 0 Å². The zero-order valence-corrected chi connectivity index (χ0v) is 15.2. The number of amides is 1. The van der Waals surface area contributed by atoms with Crippen molar-refractivity contribution in [3.05, 3.63) is 0 Å². The molecule has 3 atom stereocenters. The van der Waals surface area contributed by atoms with Gasteiger partial charge in [0.25, 0.3) is 0 Å². The van der Waals surface area contributed by atoms with Crippen molar-refractivity contribution in [1.82, 2.24) is 9.21 Å². The van der Waals surface area contributed by atoms with Gasteiger partial charge in [0.1, 0.15) is 0 Å². The van der Waals surface area contributed by atoms with Crippen LogP contribution in [-0.4, -0.2) is 55.5 Å². The van der Waals surface area contributed by atoms with Gasteiger partial charge in [-0.3, -0.25) is 4.79 Å². The van der Waals surface area contributed by atoms with Gasteiger partial charge in [0.15, 0.2) is 0 Å². The lowest BCUT2D eigenvalue weighted by molar-refractivity contribution is -0.134. The standard InChI is InChI=1S/C17H30N2O3S/c1-3-19(23(2,21)22)16-6-8-18(9-7-16)17(20)12-15-11-13-4-5-14(15)10-13/h13-16H,3-12H2,1-2H3/t13-,14-,15-/m0/s1. The molecule has 0 spiro atoms. The molecule has 3 aliphatic rings. The van der Waals surface area contributed by atoms with Crippen LogP contribution in [0.15, 0.2) is 0 Å². The monoisotopic (exact) mass is 342 g/mol. The van der Waals surface area contributed by atoms with Gasteiger partial charge in [0.05, 0.1) is 6.26 Å². The summed E-state index contributed by atoms with van der Waals surface area (Å²) in [5, 5.41) is 0. The molecule has 132 valence electrons. The van der Waals surface area contributed by atoms with Crippen molar-refractivity contribution in [2.24, 2.45) is 17.8 Å². The van der Waals surface area contributed by atoms with Crippen LogP contribution < -0.4 is 0 Å². The summed E-state index contributed by atoms with van der Waals surface area (Å²) in [6.45, 7) is 3.81. The van der Waals surface area contributed by atoms with Gasteiger partial charge in [0, 0.05) is 32.1 Å². The van der Waals surface area contributed by atoms with Crippen molar-refractivity contribution in [1.29, 1.82) is 0 Å². The van der Waals surface area contributed by atoms with Crippen LogP contribution in [0.2, 0.25) is 0 Å². The Kier molecular flexibility index (Phi) is 5.02. The van der Waals surface area contributed by atoms with Crippen molar-refractivity contribution >= 4 is 15.9 Å². The van der Waals surface area contributed by atoms with Crippen molar-refractivity contribution in [3.63, 3.8) is 0 Å². The third kappa shape index (κ3) is 3.73. The fourth-order valence-electron chi connectivity index (χ4n) is 5.15. The molecule has 0 aromatic carbocycles. The van der Waals surface area contributed by atoms with Crippen molar-refractivity contribution < 1.29 is 13.2 Å². The maximum atomic E-state index is 12.6. The Bertz CT molecular complexity index is 540. The predicted molar refractivity (Wildman–Crippen MR) is 90.4 cm³/mol. The maximum absolute atomic E-state index is 12.6. The van der Waals surface area contributed by atoms with Crippen LogP contribution in [0.3, 0.4) is 0 Å². The van der Waals surface area contributed by atoms with Crippen LogP contribution in [0.4, 0.5) is 0 Å². The second-order valence-electron chi connectivity index (χ2n) is 7.72. The Morgan fingerprint density at radius 1 is 1.13 bits per heavy atom. The van der Waals surface area contributed by atoms with E-state index in [0.29, 0.717) is 31.5 Å². The molecular formula is C17H30N2O3S. The van der Waals surface area contributed by atoms with Crippen LogP contribution >= 0.6 is 0 Å². The number of piperidine rings is 1. The average Bonchev–Trinajstić information content (AvgIpc) is 3.09. The lowest BCUT2D eigenvalue weighted by Crippen LogP contribution is -2.48.